The molecule has 1 aromatic carbocycles. The lowest BCUT2D eigenvalue weighted by atomic mass is 9.61. The van der Waals surface area contributed by atoms with Crippen molar-refractivity contribution in [3.8, 4) is 0 Å². The van der Waals surface area contributed by atoms with E-state index < -0.39 is 16.4 Å². The molecule has 2 aliphatic carbocycles. The van der Waals surface area contributed by atoms with Gasteiger partial charge in [-0.1, -0.05) is 31.0 Å². The third kappa shape index (κ3) is 1.76. The number of aliphatic hydroxyl groups is 1. The number of hydrogen-bond donors (Lipinski definition) is 1. The predicted molar refractivity (Wildman–Crippen MR) is 68.2 cm³/mol. The molecule has 0 amide bonds. The average Bonchev–Trinajstić information content (AvgIpc) is 2.36. The minimum Gasteiger partial charge on any atom is -0.388 e. The second-order valence-corrected chi connectivity index (χ2v) is 6.90. The van der Waals surface area contributed by atoms with Crippen LogP contribution in [-0.4, -0.2) is 20.2 Å². The van der Waals surface area contributed by atoms with E-state index in [4.69, 9.17) is 0 Å². The monoisotopic (exact) mass is 250 g/mol. The van der Waals surface area contributed by atoms with Crippen LogP contribution in [0.25, 0.3) is 0 Å². The number of rotatable bonds is 2. The first-order valence-corrected chi connectivity index (χ1v) is 7.61. The highest BCUT2D eigenvalue weighted by Gasteiger charge is 2.57. The van der Waals surface area contributed by atoms with Crippen molar-refractivity contribution in [2.24, 2.45) is 5.92 Å². The summed E-state index contributed by atoms with van der Waals surface area (Å²) in [4.78, 5) is 0.856. The van der Waals surface area contributed by atoms with Gasteiger partial charge in [-0.25, -0.2) is 0 Å². The molecule has 3 rings (SSSR count). The molecule has 92 valence electrons. The van der Waals surface area contributed by atoms with Crippen molar-refractivity contribution in [3.05, 3.63) is 30.3 Å². The van der Waals surface area contributed by atoms with Crippen molar-refractivity contribution in [3.63, 3.8) is 0 Å². The van der Waals surface area contributed by atoms with Gasteiger partial charge in [0.15, 0.2) is 0 Å². The predicted octanol–water partition coefficient (Wildman–Crippen LogP) is 2.49. The normalized spacial score (nSPS) is 37.9. The summed E-state index contributed by atoms with van der Waals surface area (Å²) >= 11 is 0. The topological polar surface area (TPSA) is 37.3 Å². The Kier molecular flexibility index (Phi) is 2.83. The molecule has 0 unspecified atom stereocenters. The van der Waals surface area contributed by atoms with E-state index in [1.54, 1.807) is 0 Å². The largest absolute Gasteiger partial charge is 0.388 e. The molecule has 4 atom stereocenters. The van der Waals surface area contributed by atoms with Crippen LogP contribution in [0.4, 0.5) is 0 Å². The molecule has 2 saturated carbocycles. The SMILES string of the molecule is O=[S@](c1ccccc1)[C@H]1C[C@@H]2CCCC[C@@]21O. The number of fused-ring (bicyclic) bond motifs is 1. The highest BCUT2D eigenvalue weighted by Crippen LogP contribution is 2.51. The second kappa shape index (κ2) is 4.21. The Morgan fingerprint density at radius 1 is 1.24 bits per heavy atom. The molecule has 1 aromatic rings. The molecule has 0 heterocycles. The van der Waals surface area contributed by atoms with Gasteiger partial charge in [-0.2, -0.15) is 0 Å². The van der Waals surface area contributed by atoms with Crippen LogP contribution >= 0.6 is 0 Å². The Morgan fingerprint density at radius 3 is 2.71 bits per heavy atom. The van der Waals surface area contributed by atoms with Crippen LogP contribution in [0.2, 0.25) is 0 Å². The first-order chi connectivity index (χ1) is 8.22. The summed E-state index contributed by atoms with van der Waals surface area (Å²) in [6, 6.07) is 9.55. The van der Waals surface area contributed by atoms with Gasteiger partial charge in [-0.15, -0.1) is 0 Å². The molecular formula is C14H18O2S. The van der Waals surface area contributed by atoms with E-state index >= 15 is 0 Å². The van der Waals surface area contributed by atoms with Crippen molar-refractivity contribution in [1.29, 1.82) is 0 Å². The molecule has 3 heteroatoms. The van der Waals surface area contributed by atoms with Crippen molar-refractivity contribution >= 4 is 10.8 Å². The maximum absolute atomic E-state index is 12.4. The maximum atomic E-state index is 12.4. The van der Waals surface area contributed by atoms with Gasteiger partial charge in [0, 0.05) is 4.90 Å². The van der Waals surface area contributed by atoms with E-state index in [-0.39, 0.29) is 5.25 Å². The fourth-order valence-electron chi connectivity index (χ4n) is 3.29. The van der Waals surface area contributed by atoms with E-state index in [2.05, 4.69) is 0 Å². The van der Waals surface area contributed by atoms with Gasteiger partial charge in [-0.05, 0) is 37.3 Å². The van der Waals surface area contributed by atoms with E-state index in [1.807, 2.05) is 30.3 Å². The molecule has 17 heavy (non-hydrogen) atoms. The summed E-state index contributed by atoms with van der Waals surface area (Å²) < 4.78 is 12.4. The molecule has 0 bridgehead atoms. The zero-order chi connectivity index (χ0) is 11.9. The quantitative estimate of drug-likeness (QED) is 0.875. The molecule has 0 aliphatic heterocycles. The van der Waals surface area contributed by atoms with Crippen LogP contribution in [0.3, 0.4) is 0 Å². The van der Waals surface area contributed by atoms with E-state index in [9.17, 15) is 9.32 Å². The summed E-state index contributed by atoms with van der Waals surface area (Å²) in [5.41, 5.74) is -0.640. The van der Waals surface area contributed by atoms with Crippen molar-refractivity contribution in [1.82, 2.24) is 0 Å². The van der Waals surface area contributed by atoms with Crippen LogP contribution in [-0.2, 0) is 10.8 Å². The first-order valence-electron chi connectivity index (χ1n) is 6.40. The molecule has 2 nitrogen and oxygen atoms in total. The fraction of sp³-hybridized carbons (Fsp3) is 0.571. The summed E-state index contributed by atoms with van der Waals surface area (Å²) in [6.07, 6.45) is 5.17. The summed E-state index contributed by atoms with van der Waals surface area (Å²) in [5.74, 6) is 0.397. The Hall–Kier alpha value is -0.670. The van der Waals surface area contributed by atoms with Crippen molar-refractivity contribution < 1.29 is 9.32 Å². The van der Waals surface area contributed by atoms with Crippen LogP contribution in [0.15, 0.2) is 35.2 Å². The molecule has 0 spiro atoms. The van der Waals surface area contributed by atoms with E-state index in [0.717, 1.165) is 30.6 Å². The number of hydrogen-bond acceptors (Lipinski definition) is 2. The molecule has 0 radical (unpaired) electrons. The van der Waals surface area contributed by atoms with Crippen LogP contribution < -0.4 is 0 Å². The van der Waals surface area contributed by atoms with Crippen molar-refractivity contribution in [2.45, 2.75) is 47.9 Å². The third-order valence-electron chi connectivity index (χ3n) is 4.38. The standard InChI is InChI=1S/C14H18O2S/c15-14-9-5-4-6-11(14)10-13(14)17(16)12-7-2-1-3-8-12/h1-3,7-8,11,13,15H,4-6,9-10H2/t11-,13-,14+,17+/m0/s1. The average molecular weight is 250 g/mol. The highest BCUT2D eigenvalue weighted by molar-refractivity contribution is 7.85. The van der Waals surface area contributed by atoms with Crippen LogP contribution in [0.1, 0.15) is 32.1 Å². The molecule has 2 fully saturated rings. The second-order valence-electron chi connectivity index (χ2n) is 5.27. The van der Waals surface area contributed by atoms with Gasteiger partial charge in [0.05, 0.1) is 21.7 Å². The smallest absolute Gasteiger partial charge is 0.0822 e. The molecule has 0 saturated heterocycles. The van der Waals surface area contributed by atoms with Gasteiger partial charge in [0.25, 0.3) is 0 Å². The fourth-order valence-corrected chi connectivity index (χ4v) is 5.13. The Balaban J connectivity index is 1.81. The molecule has 1 N–H and O–H groups in total. The Bertz CT molecular complexity index is 431. The summed E-state index contributed by atoms with van der Waals surface area (Å²) in [6.45, 7) is 0. The lowest BCUT2D eigenvalue weighted by Gasteiger charge is -2.54. The molecular weight excluding hydrogens is 232 g/mol. The lowest BCUT2D eigenvalue weighted by Crippen LogP contribution is -2.62. The Labute approximate surface area is 105 Å². The third-order valence-corrected chi connectivity index (χ3v) is 6.23. The minimum atomic E-state index is -1.05. The van der Waals surface area contributed by atoms with Gasteiger partial charge in [0.1, 0.15) is 0 Å². The van der Waals surface area contributed by atoms with Crippen LogP contribution in [0, 0.1) is 5.92 Å². The van der Waals surface area contributed by atoms with E-state index in [0.29, 0.717) is 5.92 Å². The van der Waals surface area contributed by atoms with Gasteiger partial charge in [0.2, 0.25) is 0 Å². The zero-order valence-corrected chi connectivity index (χ0v) is 10.7. The first kappa shape index (κ1) is 11.4. The molecule has 0 aromatic heterocycles. The molecule has 2 aliphatic rings. The lowest BCUT2D eigenvalue weighted by molar-refractivity contribution is -0.113. The number of benzene rings is 1. The highest BCUT2D eigenvalue weighted by atomic mass is 32.2. The van der Waals surface area contributed by atoms with Gasteiger partial charge in [-0.3, -0.25) is 4.21 Å². The zero-order valence-electron chi connectivity index (χ0n) is 9.84. The van der Waals surface area contributed by atoms with Gasteiger partial charge >= 0.3 is 0 Å². The van der Waals surface area contributed by atoms with Crippen LogP contribution in [0.5, 0.6) is 0 Å². The maximum Gasteiger partial charge on any atom is 0.0822 e. The Morgan fingerprint density at radius 2 is 2.00 bits per heavy atom. The van der Waals surface area contributed by atoms with Crippen molar-refractivity contribution in [2.75, 3.05) is 0 Å². The van der Waals surface area contributed by atoms with E-state index in [1.165, 1.54) is 6.42 Å². The minimum absolute atomic E-state index is 0.0461. The van der Waals surface area contributed by atoms with Gasteiger partial charge < -0.3 is 5.11 Å². The summed E-state index contributed by atoms with van der Waals surface area (Å²) in [5, 5.41) is 10.6. The summed E-state index contributed by atoms with van der Waals surface area (Å²) in [7, 11) is -1.05.